The van der Waals surface area contributed by atoms with Gasteiger partial charge in [0, 0.05) is 19.2 Å². The number of halogens is 2. The molecule has 0 aliphatic heterocycles. The summed E-state index contributed by atoms with van der Waals surface area (Å²) in [7, 11) is 2.92. The van der Waals surface area contributed by atoms with E-state index in [0.29, 0.717) is 13.2 Å². The highest BCUT2D eigenvalue weighted by molar-refractivity contribution is 5.94. The highest BCUT2D eigenvalue weighted by Gasteiger charge is 2.14. The largest absolute Gasteiger partial charge is 0.493 e. The van der Waals surface area contributed by atoms with Crippen LogP contribution in [0.5, 0.6) is 11.5 Å². The fourth-order valence-electron chi connectivity index (χ4n) is 2.31. The first kappa shape index (κ1) is 18.7. The molecular weight excluding hydrogens is 332 g/mol. The Labute approximate surface area is 144 Å². The number of methoxy groups -OCH3 is 2. The minimum Gasteiger partial charge on any atom is -0.493 e. The lowest BCUT2D eigenvalue weighted by molar-refractivity contribution is -0.0512. The number of alkyl halides is 2. The third-order valence-electron chi connectivity index (χ3n) is 3.50. The normalized spacial score (nSPS) is 10.6. The summed E-state index contributed by atoms with van der Waals surface area (Å²) in [6.07, 6.45) is 0. The molecule has 0 saturated carbocycles. The Bertz CT molecular complexity index is 722. The van der Waals surface area contributed by atoms with Gasteiger partial charge in [0.05, 0.1) is 13.7 Å². The predicted octanol–water partition coefficient (Wildman–Crippen LogP) is 3.37. The van der Waals surface area contributed by atoms with Crippen LogP contribution in [0.4, 0.5) is 8.78 Å². The summed E-state index contributed by atoms with van der Waals surface area (Å²) in [5.41, 5.74) is 2.19. The van der Waals surface area contributed by atoms with E-state index in [1.54, 1.807) is 7.11 Å². The molecule has 1 amide bonds. The predicted molar refractivity (Wildman–Crippen MR) is 88.0 cm³/mol. The lowest BCUT2D eigenvalue weighted by Gasteiger charge is -2.12. The molecule has 0 bridgehead atoms. The second-order valence-electron chi connectivity index (χ2n) is 5.13. The molecule has 2 aromatic carbocycles. The van der Waals surface area contributed by atoms with Crippen LogP contribution in [-0.2, 0) is 17.9 Å². The Morgan fingerprint density at radius 3 is 2.44 bits per heavy atom. The summed E-state index contributed by atoms with van der Waals surface area (Å²) in [5, 5.41) is 2.79. The Morgan fingerprint density at radius 1 is 1.08 bits per heavy atom. The van der Waals surface area contributed by atoms with Gasteiger partial charge in [-0.05, 0) is 29.3 Å². The number of carbonyl (C=O) groups excluding carboxylic acids is 1. The van der Waals surface area contributed by atoms with Gasteiger partial charge in [0.25, 0.3) is 5.91 Å². The summed E-state index contributed by atoms with van der Waals surface area (Å²) in [5.74, 6) is -0.415. The molecule has 0 heterocycles. The lowest BCUT2D eigenvalue weighted by Crippen LogP contribution is -2.23. The van der Waals surface area contributed by atoms with Gasteiger partial charge in [-0.1, -0.05) is 24.3 Å². The van der Waals surface area contributed by atoms with Crippen LogP contribution in [0.25, 0.3) is 0 Å². The maximum absolute atomic E-state index is 12.3. The fourth-order valence-corrected chi connectivity index (χ4v) is 2.31. The molecule has 0 radical (unpaired) electrons. The van der Waals surface area contributed by atoms with Gasteiger partial charge < -0.3 is 19.5 Å². The number of hydrogen-bond acceptors (Lipinski definition) is 4. The van der Waals surface area contributed by atoms with Gasteiger partial charge in [0.15, 0.2) is 11.5 Å². The summed E-state index contributed by atoms with van der Waals surface area (Å²) >= 11 is 0. The van der Waals surface area contributed by atoms with E-state index in [1.807, 2.05) is 24.3 Å². The highest BCUT2D eigenvalue weighted by atomic mass is 19.3. The summed E-state index contributed by atoms with van der Waals surface area (Å²) < 4.78 is 39.1. The molecule has 1 N–H and O–H groups in total. The Kier molecular flexibility index (Phi) is 6.71. The second kappa shape index (κ2) is 8.98. The van der Waals surface area contributed by atoms with Crippen LogP contribution < -0.4 is 14.8 Å². The molecule has 134 valence electrons. The summed E-state index contributed by atoms with van der Waals surface area (Å²) in [6, 6.07) is 11.6. The highest BCUT2D eigenvalue weighted by Crippen LogP contribution is 2.29. The van der Waals surface area contributed by atoms with Crippen molar-refractivity contribution in [1.29, 1.82) is 0 Å². The van der Waals surface area contributed by atoms with Crippen LogP contribution in [0.15, 0.2) is 42.5 Å². The number of ether oxygens (including phenoxy) is 3. The molecule has 2 aromatic rings. The number of amides is 1. The molecule has 0 saturated heterocycles. The quantitative estimate of drug-likeness (QED) is 0.792. The third kappa shape index (κ3) is 5.15. The molecule has 0 spiro atoms. The first-order valence-electron chi connectivity index (χ1n) is 7.52. The van der Waals surface area contributed by atoms with Gasteiger partial charge in [-0.3, -0.25) is 4.79 Å². The van der Waals surface area contributed by atoms with Crippen LogP contribution >= 0.6 is 0 Å². The van der Waals surface area contributed by atoms with Gasteiger partial charge in [-0.2, -0.15) is 8.78 Å². The van der Waals surface area contributed by atoms with E-state index in [0.717, 1.165) is 11.1 Å². The summed E-state index contributed by atoms with van der Waals surface area (Å²) in [6.45, 7) is -2.21. The monoisotopic (exact) mass is 351 g/mol. The lowest BCUT2D eigenvalue weighted by atomic mass is 10.1. The fraction of sp³-hybridized carbons (Fsp3) is 0.278. The van der Waals surface area contributed by atoms with Crippen LogP contribution in [0.3, 0.4) is 0 Å². The Balaban J connectivity index is 2.08. The molecule has 0 atom stereocenters. The van der Waals surface area contributed by atoms with Crippen molar-refractivity contribution in [3.63, 3.8) is 0 Å². The van der Waals surface area contributed by atoms with E-state index in [4.69, 9.17) is 9.47 Å². The van der Waals surface area contributed by atoms with Gasteiger partial charge in [0.2, 0.25) is 0 Å². The standard InChI is InChI=1S/C18H19F2NO4/c1-23-11-14-6-4-3-5-13(14)10-21-17(22)12-7-8-15(25-18(19)20)16(9-12)24-2/h3-9,18H,10-11H2,1-2H3,(H,21,22). The van der Waals surface area contributed by atoms with Crippen molar-refractivity contribution in [3.05, 3.63) is 59.2 Å². The zero-order chi connectivity index (χ0) is 18.2. The maximum atomic E-state index is 12.3. The summed E-state index contributed by atoms with van der Waals surface area (Å²) in [4.78, 5) is 12.3. The molecular formula is C18H19F2NO4. The van der Waals surface area contributed by atoms with Crippen molar-refractivity contribution in [3.8, 4) is 11.5 Å². The van der Waals surface area contributed by atoms with Crippen molar-refractivity contribution in [1.82, 2.24) is 5.32 Å². The number of hydrogen-bond donors (Lipinski definition) is 1. The maximum Gasteiger partial charge on any atom is 0.387 e. The molecule has 0 unspecified atom stereocenters. The SMILES string of the molecule is COCc1ccccc1CNC(=O)c1ccc(OC(F)F)c(OC)c1. The molecule has 2 rings (SSSR count). The third-order valence-corrected chi connectivity index (χ3v) is 3.50. The molecule has 5 nitrogen and oxygen atoms in total. The van der Waals surface area contributed by atoms with E-state index in [-0.39, 0.29) is 23.0 Å². The first-order valence-corrected chi connectivity index (χ1v) is 7.52. The van der Waals surface area contributed by atoms with Crippen LogP contribution in [0.2, 0.25) is 0 Å². The van der Waals surface area contributed by atoms with Crippen molar-refractivity contribution in [2.45, 2.75) is 19.8 Å². The average molecular weight is 351 g/mol. The van der Waals surface area contributed by atoms with Crippen molar-refractivity contribution < 1.29 is 27.8 Å². The zero-order valence-electron chi connectivity index (χ0n) is 13.9. The Hall–Kier alpha value is -2.67. The van der Waals surface area contributed by atoms with E-state index in [9.17, 15) is 13.6 Å². The molecule has 0 aliphatic rings. The minimum absolute atomic E-state index is 0.0627. The smallest absolute Gasteiger partial charge is 0.387 e. The van der Waals surface area contributed by atoms with Crippen molar-refractivity contribution >= 4 is 5.91 Å². The average Bonchev–Trinajstić information content (AvgIpc) is 2.61. The van der Waals surface area contributed by atoms with E-state index in [2.05, 4.69) is 10.1 Å². The Morgan fingerprint density at radius 2 is 1.80 bits per heavy atom. The number of rotatable bonds is 8. The molecule has 0 fully saturated rings. The number of benzene rings is 2. The molecule has 7 heteroatoms. The van der Waals surface area contributed by atoms with E-state index < -0.39 is 6.61 Å². The molecule has 25 heavy (non-hydrogen) atoms. The van der Waals surface area contributed by atoms with Crippen molar-refractivity contribution in [2.75, 3.05) is 14.2 Å². The molecule has 0 aliphatic carbocycles. The van der Waals surface area contributed by atoms with Crippen LogP contribution in [-0.4, -0.2) is 26.7 Å². The topological polar surface area (TPSA) is 56.8 Å². The number of carbonyl (C=O) groups is 1. The first-order chi connectivity index (χ1) is 12.0. The van der Waals surface area contributed by atoms with Crippen LogP contribution in [0, 0.1) is 0 Å². The zero-order valence-corrected chi connectivity index (χ0v) is 13.9. The minimum atomic E-state index is -2.97. The van der Waals surface area contributed by atoms with Gasteiger partial charge in [-0.25, -0.2) is 0 Å². The van der Waals surface area contributed by atoms with E-state index >= 15 is 0 Å². The van der Waals surface area contributed by atoms with Gasteiger partial charge in [-0.15, -0.1) is 0 Å². The second-order valence-corrected chi connectivity index (χ2v) is 5.13. The van der Waals surface area contributed by atoms with E-state index in [1.165, 1.54) is 25.3 Å². The van der Waals surface area contributed by atoms with Gasteiger partial charge in [0.1, 0.15) is 0 Å². The van der Waals surface area contributed by atoms with Crippen molar-refractivity contribution in [2.24, 2.45) is 0 Å². The molecule has 0 aromatic heterocycles. The van der Waals surface area contributed by atoms with Gasteiger partial charge >= 0.3 is 6.61 Å². The van der Waals surface area contributed by atoms with Crippen LogP contribution in [0.1, 0.15) is 21.5 Å². The number of nitrogens with one attached hydrogen (secondary N) is 1.